The Morgan fingerprint density at radius 3 is 2.74 bits per heavy atom. The number of nitrogens with zero attached hydrogens (tertiary/aromatic N) is 1. The predicted molar refractivity (Wildman–Crippen MR) is 76.8 cm³/mol. The van der Waals surface area contributed by atoms with Crippen molar-refractivity contribution in [2.45, 2.75) is 53.5 Å². The summed E-state index contributed by atoms with van der Waals surface area (Å²) in [5.74, 6) is 0.289. The maximum atomic E-state index is 12.3. The molecule has 0 saturated carbocycles. The minimum absolute atomic E-state index is 0.0674. The fourth-order valence-electron chi connectivity index (χ4n) is 3.15. The average molecular weight is 263 g/mol. The lowest BCUT2D eigenvalue weighted by Crippen LogP contribution is -2.29. The standard InChI is InChI=1S/C16H25NO2/c1-6-19-10-12(3)17-11(2)7-13-14(17)8-16(4,5)9-15(13)18/h7,12H,6,8-10H2,1-5H3. The molecule has 106 valence electrons. The van der Waals surface area contributed by atoms with Gasteiger partial charge in [0.25, 0.3) is 0 Å². The molecule has 0 fully saturated rings. The molecule has 0 saturated heterocycles. The van der Waals surface area contributed by atoms with Crippen LogP contribution in [-0.4, -0.2) is 23.6 Å². The second-order valence-corrected chi connectivity index (χ2v) is 6.47. The van der Waals surface area contributed by atoms with Gasteiger partial charge in [-0.1, -0.05) is 13.8 Å². The van der Waals surface area contributed by atoms with Gasteiger partial charge in [-0.2, -0.15) is 0 Å². The summed E-state index contributed by atoms with van der Waals surface area (Å²) in [7, 11) is 0. The molecular weight excluding hydrogens is 238 g/mol. The third-order valence-electron chi connectivity index (χ3n) is 3.92. The van der Waals surface area contributed by atoms with Crippen LogP contribution in [0, 0.1) is 12.3 Å². The zero-order valence-electron chi connectivity index (χ0n) is 12.7. The Morgan fingerprint density at radius 2 is 2.11 bits per heavy atom. The zero-order chi connectivity index (χ0) is 14.2. The summed E-state index contributed by atoms with van der Waals surface area (Å²) in [5, 5.41) is 0. The molecule has 3 nitrogen and oxygen atoms in total. The van der Waals surface area contributed by atoms with E-state index < -0.39 is 0 Å². The molecule has 1 heterocycles. The van der Waals surface area contributed by atoms with Crippen LogP contribution in [0.1, 0.15) is 61.9 Å². The van der Waals surface area contributed by atoms with Crippen LogP contribution >= 0.6 is 0 Å². The number of Topliss-reactive ketones (excluding diaryl/α,β-unsaturated/α-hetero) is 1. The topological polar surface area (TPSA) is 31.2 Å². The molecule has 2 rings (SSSR count). The highest BCUT2D eigenvalue weighted by Gasteiger charge is 2.34. The van der Waals surface area contributed by atoms with E-state index in [-0.39, 0.29) is 17.2 Å². The van der Waals surface area contributed by atoms with Crippen LogP contribution in [0.25, 0.3) is 0 Å². The van der Waals surface area contributed by atoms with Gasteiger partial charge in [0, 0.05) is 30.0 Å². The summed E-state index contributed by atoms with van der Waals surface area (Å²) >= 11 is 0. The van der Waals surface area contributed by atoms with Crippen molar-refractivity contribution < 1.29 is 9.53 Å². The Bertz CT molecular complexity index is 485. The van der Waals surface area contributed by atoms with Crippen molar-refractivity contribution in [2.24, 2.45) is 5.41 Å². The second-order valence-electron chi connectivity index (χ2n) is 6.47. The predicted octanol–water partition coefficient (Wildman–Crippen LogP) is 3.55. The molecule has 0 spiro atoms. The molecule has 1 atom stereocenters. The summed E-state index contributed by atoms with van der Waals surface area (Å²) < 4.78 is 7.83. The van der Waals surface area contributed by atoms with Gasteiger partial charge < -0.3 is 9.30 Å². The molecule has 0 bridgehead atoms. The van der Waals surface area contributed by atoms with Crippen molar-refractivity contribution in [3.8, 4) is 0 Å². The maximum Gasteiger partial charge on any atom is 0.165 e. The Kier molecular flexibility index (Phi) is 3.86. The molecule has 3 heteroatoms. The van der Waals surface area contributed by atoms with Crippen LogP contribution < -0.4 is 0 Å². The van der Waals surface area contributed by atoms with Crippen molar-refractivity contribution in [3.63, 3.8) is 0 Å². The molecule has 0 N–H and O–H groups in total. The highest BCUT2D eigenvalue weighted by atomic mass is 16.5. The molecule has 1 aliphatic carbocycles. The first kappa shape index (κ1) is 14.3. The number of ketones is 1. The van der Waals surface area contributed by atoms with Crippen LogP contribution in [0.3, 0.4) is 0 Å². The minimum atomic E-state index is 0.0674. The van der Waals surface area contributed by atoms with E-state index in [0.717, 1.165) is 18.6 Å². The third-order valence-corrected chi connectivity index (χ3v) is 3.92. The SMILES string of the molecule is CCOCC(C)n1c(C)cc2c1CC(C)(C)CC2=O. The fourth-order valence-corrected chi connectivity index (χ4v) is 3.15. The van der Waals surface area contributed by atoms with Crippen molar-refractivity contribution in [1.82, 2.24) is 4.57 Å². The summed E-state index contributed by atoms with van der Waals surface area (Å²) in [6.45, 7) is 12.0. The molecule has 19 heavy (non-hydrogen) atoms. The largest absolute Gasteiger partial charge is 0.380 e. The van der Waals surface area contributed by atoms with Gasteiger partial charge in [0.1, 0.15) is 0 Å². The fraction of sp³-hybridized carbons (Fsp3) is 0.688. The number of carbonyl (C=O) groups is 1. The Hall–Kier alpha value is -1.09. The quantitative estimate of drug-likeness (QED) is 0.832. The number of carbonyl (C=O) groups excluding carboxylic acids is 1. The lowest BCUT2D eigenvalue weighted by molar-refractivity contribution is 0.0903. The molecule has 0 aromatic carbocycles. The van der Waals surface area contributed by atoms with Crippen LogP contribution in [0.2, 0.25) is 0 Å². The van der Waals surface area contributed by atoms with Gasteiger partial charge >= 0.3 is 0 Å². The van der Waals surface area contributed by atoms with Crippen LogP contribution in [0.4, 0.5) is 0 Å². The number of hydrogen-bond donors (Lipinski definition) is 0. The van der Waals surface area contributed by atoms with Crippen LogP contribution in [0.15, 0.2) is 6.07 Å². The Labute approximate surface area is 115 Å². The van der Waals surface area contributed by atoms with Crippen molar-refractivity contribution in [1.29, 1.82) is 0 Å². The van der Waals surface area contributed by atoms with Crippen molar-refractivity contribution in [2.75, 3.05) is 13.2 Å². The monoisotopic (exact) mass is 263 g/mol. The molecule has 0 amide bonds. The van der Waals surface area contributed by atoms with Crippen LogP contribution in [0.5, 0.6) is 0 Å². The van der Waals surface area contributed by atoms with Crippen LogP contribution in [-0.2, 0) is 11.2 Å². The Morgan fingerprint density at radius 1 is 1.42 bits per heavy atom. The lowest BCUT2D eigenvalue weighted by Gasteiger charge is -2.31. The summed E-state index contributed by atoms with van der Waals surface area (Å²) in [5.41, 5.74) is 3.37. The summed E-state index contributed by atoms with van der Waals surface area (Å²) in [6, 6.07) is 2.33. The molecule has 0 radical (unpaired) electrons. The molecular formula is C16H25NO2. The van der Waals surface area contributed by atoms with E-state index in [9.17, 15) is 4.79 Å². The lowest BCUT2D eigenvalue weighted by atomic mass is 9.76. The number of aryl methyl sites for hydroxylation is 1. The molecule has 1 unspecified atom stereocenters. The van der Waals surface area contributed by atoms with Gasteiger partial charge in [0.2, 0.25) is 0 Å². The normalized spacial score (nSPS) is 19.3. The van der Waals surface area contributed by atoms with E-state index in [1.807, 2.05) is 6.92 Å². The Balaban J connectivity index is 2.38. The number of fused-ring (bicyclic) bond motifs is 1. The van der Waals surface area contributed by atoms with E-state index in [1.165, 1.54) is 11.4 Å². The molecule has 0 aliphatic heterocycles. The highest BCUT2D eigenvalue weighted by molar-refractivity contribution is 5.99. The van der Waals surface area contributed by atoms with E-state index in [0.29, 0.717) is 13.0 Å². The van der Waals surface area contributed by atoms with E-state index in [2.05, 4.69) is 38.3 Å². The van der Waals surface area contributed by atoms with Gasteiger partial charge in [0.05, 0.1) is 12.6 Å². The van der Waals surface area contributed by atoms with E-state index in [4.69, 9.17) is 4.74 Å². The molecule has 1 aliphatic rings. The average Bonchev–Trinajstić information content (AvgIpc) is 2.61. The molecule has 1 aromatic heterocycles. The zero-order valence-corrected chi connectivity index (χ0v) is 12.7. The number of aromatic nitrogens is 1. The number of rotatable bonds is 4. The van der Waals surface area contributed by atoms with Gasteiger partial charge in [-0.3, -0.25) is 4.79 Å². The minimum Gasteiger partial charge on any atom is -0.380 e. The second kappa shape index (κ2) is 5.12. The van der Waals surface area contributed by atoms with Gasteiger partial charge in [-0.25, -0.2) is 0 Å². The van der Waals surface area contributed by atoms with Gasteiger partial charge in [0.15, 0.2) is 5.78 Å². The third kappa shape index (κ3) is 2.76. The molecule has 1 aromatic rings. The summed E-state index contributed by atoms with van der Waals surface area (Å²) in [4.78, 5) is 12.3. The van der Waals surface area contributed by atoms with Gasteiger partial charge in [-0.05, 0) is 38.7 Å². The first-order valence-corrected chi connectivity index (χ1v) is 7.17. The van der Waals surface area contributed by atoms with E-state index in [1.54, 1.807) is 0 Å². The summed E-state index contributed by atoms with van der Waals surface area (Å²) in [6.07, 6.45) is 1.63. The highest BCUT2D eigenvalue weighted by Crippen LogP contribution is 2.37. The first-order valence-electron chi connectivity index (χ1n) is 7.17. The van der Waals surface area contributed by atoms with Crippen molar-refractivity contribution in [3.05, 3.63) is 23.0 Å². The first-order chi connectivity index (χ1) is 8.85. The smallest absolute Gasteiger partial charge is 0.165 e. The number of ether oxygens (including phenoxy) is 1. The number of hydrogen-bond acceptors (Lipinski definition) is 2. The van der Waals surface area contributed by atoms with E-state index >= 15 is 0 Å². The van der Waals surface area contributed by atoms with Crippen molar-refractivity contribution >= 4 is 5.78 Å². The van der Waals surface area contributed by atoms with Gasteiger partial charge in [-0.15, -0.1) is 0 Å². The maximum absolute atomic E-state index is 12.3.